The Labute approximate surface area is 157 Å². The van der Waals surface area contributed by atoms with Crippen molar-refractivity contribution in [3.05, 3.63) is 74.5 Å². The highest BCUT2D eigenvalue weighted by molar-refractivity contribution is 7.08. The predicted octanol–water partition coefficient (Wildman–Crippen LogP) is 4.95. The third-order valence-corrected chi connectivity index (χ3v) is 4.55. The molecular weight excluding hydrogens is 381 g/mol. The van der Waals surface area contributed by atoms with Crippen LogP contribution in [0.25, 0.3) is 0 Å². The number of hydrogen-bond acceptors (Lipinski definition) is 4. The normalized spacial score (nSPS) is 10.3. The van der Waals surface area contributed by atoms with E-state index in [-0.39, 0.29) is 21.5 Å². The van der Waals surface area contributed by atoms with E-state index in [1.54, 1.807) is 41.8 Å². The highest BCUT2D eigenvalue weighted by Crippen LogP contribution is 2.25. The summed E-state index contributed by atoms with van der Waals surface area (Å²) in [6.45, 7) is 0. The summed E-state index contributed by atoms with van der Waals surface area (Å²) in [5, 5.41) is 9.42. The van der Waals surface area contributed by atoms with Crippen molar-refractivity contribution in [2.75, 3.05) is 10.6 Å². The van der Waals surface area contributed by atoms with Gasteiger partial charge in [-0.1, -0.05) is 29.3 Å². The number of aromatic nitrogens is 1. The number of rotatable bonds is 4. The molecule has 2 heterocycles. The van der Waals surface area contributed by atoms with Crippen molar-refractivity contribution in [1.29, 1.82) is 0 Å². The Hall–Kier alpha value is -2.41. The number of anilines is 2. The molecule has 1 aromatic carbocycles. The summed E-state index contributed by atoms with van der Waals surface area (Å²) in [6, 6.07) is 9.69. The largest absolute Gasteiger partial charge is 0.322 e. The Morgan fingerprint density at radius 1 is 1.00 bits per heavy atom. The average Bonchev–Trinajstić information content (AvgIpc) is 3.09. The molecule has 3 aromatic rings. The molecule has 2 N–H and O–H groups in total. The minimum atomic E-state index is -0.447. The molecule has 0 bridgehead atoms. The van der Waals surface area contributed by atoms with Gasteiger partial charge in [0, 0.05) is 23.3 Å². The van der Waals surface area contributed by atoms with Crippen LogP contribution in [0.4, 0.5) is 11.5 Å². The van der Waals surface area contributed by atoms with Crippen molar-refractivity contribution in [2.45, 2.75) is 0 Å². The first kappa shape index (κ1) is 17.4. The van der Waals surface area contributed by atoms with Gasteiger partial charge in [-0.3, -0.25) is 9.59 Å². The fourth-order valence-electron chi connectivity index (χ4n) is 2.07. The Morgan fingerprint density at radius 3 is 2.44 bits per heavy atom. The zero-order chi connectivity index (χ0) is 17.8. The van der Waals surface area contributed by atoms with Crippen LogP contribution >= 0.6 is 34.5 Å². The summed E-state index contributed by atoms with van der Waals surface area (Å²) in [7, 11) is 0. The number of benzene rings is 1. The van der Waals surface area contributed by atoms with E-state index in [1.165, 1.54) is 17.5 Å². The van der Waals surface area contributed by atoms with Gasteiger partial charge in [-0.05, 0) is 29.6 Å². The lowest BCUT2D eigenvalue weighted by Crippen LogP contribution is -2.15. The van der Waals surface area contributed by atoms with Gasteiger partial charge >= 0.3 is 0 Å². The van der Waals surface area contributed by atoms with E-state index in [0.717, 1.165) is 0 Å². The third-order valence-electron chi connectivity index (χ3n) is 3.23. The van der Waals surface area contributed by atoms with Crippen LogP contribution in [0.5, 0.6) is 0 Å². The van der Waals surface area contributed by atoms with Crippen LogP contribution in [0, 0.1) is 0 Å². The molecule has 0 aliphatic rings. The van der Waals surface area contributed by atoms with E-state index in [4.69, 9.17) is 23.2 Å². The number of carbonyl (C=O) groups is 2. The van der Waals surface area contributed by atoms with E-state index in [2.05, 4.69) is 15.6 Å². The molecule has 0 aliphatic heterocycles. The number of hydrogen-bond donors (Lipinski definition) is 2. The summed E-state index contributed by atoms with van der Waals surface area (Å²) >= 11 is 13.5. The zero-order valence-electron chi connectivity index (χ0n) is 12.6. The van der Waals surface area contributed by atoms with Gasteiger partial charge in [0.25, 0.3) is 11.8 Å². The van der Waals surface area contributed by atoms with E-state index in [0.29, 0.717) is 17.1 Å². The van der Waals surface area contributed by atoms with E-state index in [1.807, 2.05) is 5.38 Å². The van der Waals surface area contributed by atoms with Crippen LogP contribution < -0.4 is 10.6 Å². The van der Waals surface area contributed by atoms with Crippen LogP contribution in [0.3, 0.4) is 0 Å². The molecule has 126 valence electrons. The maximum atomic E-state index is 12.4. The first-order chi connectivity index (χ1) is 12.0. The molecule has 0 fully saturated rings. The van der Waals surface area contributed by atoms with Crippen molar-refractivity contribution in [3.8, 4) is 0 Å². The second-order valence-corrected chi connectivity index (χ2v) is 6.54. The second-order valence-electron chi connectivity index (χ2n) is 4.95. The van der Waals surface area contributed by atoms with E-state index in [9.17, 15) is 9.59 Å². The van der Waals surface area contributed by atoms with Crippen LogP contribution in [-0.2, 0) is 0 Å². The molecule has 0 spiro atoms. The molecule has 0 unspecified atom stereocenters. The topological polar surface area (TPSA) is 71.1 Å². The van der Waals surface area contributed by atoms with Crippen molar-refractivity contribution < 1.29 is 9.59 Å². The summed E-state index contributed by atoms with van der Waals surface area (Å²) < 4.78 is 0. The molecule has 0 atom stereocenters. The minimum Gasteiger partial charge on any atom is -0.322 e. The van der Waals surface area contributed by atoms with Gasteiger partial charge in [-0.15, -0.1) is 0 Å². The molecule has 0 radical (unpaired) electrons. The highest BCUT2D eigenvalue weighted by Gasteiger charge is 2.15. The quantitative estimate of drug-likeness (QED) is 0.660. The highest BCUT2D eigenvalue weighted by atomic mass is 35.5. The van der Waals surface area contributed by atoms with E-state index < -0.39 is 5.91 Å². The molecule has 3 rings (SSSR count). The lowest BCUT2D eigenvalue weighted by Gasteiger charge is -2.09. The van der Waals surface area contributed by atoms with Crippen LogP contribution in [0.1, 0.15) is 20.7 Å². The first-order valence-corrected chi connectivity index (χ1v) is 8.79. The number of halogens is 2. The molecule has 0 saturated heterocycles. The van der Waals surface area contributed by atoms with Gasteiger partial charge in [-0.2, -0.15) is 11.3 Å². The predicted molar refractivity (Wildman–Crippen MR) is 101 cm³/mol. The molecule has 2 aromatic heterocycles. The fourth-order valence-corrected chi connectivity index (χ4v) is 3.27. The van der Waals surface area contributed by atoms with Crippen molar-refractivity contribution in [1.82, 2.24) is 4.98 Å². The van der Waals surface area contributed by atoms with Crippen molar-refractivity contribution in [3.63, 3.8) is 0 Å². The zero-order valence-corrected chi connectivity index (χ0v) is 15.0. The lowest BCUT2D eigenvalue weighted by atomic mass is 10.2. The SMILES string of the molecule is O=C(Nc1cc(NC(=O)c2c(Cl)cccc2Cl)ccn1)c1ccsc1. The van der Waals surface area contributed by atoms with E-state index >= 15 is 0 Å². The minimum absolute atomic E-state index is 0.187. The van der Waals surface area contributed by atoms with Crippen LogP contribution in [-0.4, -0.2) is 16.8 Å². The molecule has 0 saturated carbocycles. The summed E-state index contributed by atoms with van der Waals surface area (Å²) in [6.07, 6.45) is 1.48. The molecule has 8 heteroatoms. The van der Waals surface area contributed by atoms with Gasteiger partial charge in [0.1, 0.15) is 5.82 Å². The maximum absolute atomic E-state index is 12.4. The number of amides is 2. The molecule has 5 nitrogen and oxygen atoms in total. The summed E-state index contributed by atoms with van der Waals surface area (Å²) in [5.41, 5.74) is 1.19. The molecule has 2 amide bonds. The number of nitrogens with zero attached hydrogens (tertiary/aromatic N) is 1. The van der Waals surface area contributed by atoms with Gasteiger partial charge in [0.05, 0.1) is 21.2 Å². The maximum Gasteiger partial charge on any atom is 0.258 e. The molecule has 0 aliphatic carbocycles. The molecular formula is C17H11Cl2N3O2S. The average molecular weight is 392 g/mol. The Balaban J connectivity index is 1.76. The van der Waals surface area contributed by atoms with Gasteiger partial charge in [0.2, 0.25) is 0 Å². The monoisotopic (exact) mass is 391 g/mol. The van der Waals surface area contributed by atoms with Gasteiger partial charge < -0.3 is 10.6 Å². The Bertz CT molecular complexity index is 909. The number of nitrogens with one attached hydrogen (secondary N) is 2. The third kappa shape index (κ3) is 4.17. The smallest absolute Gasteiger partial charge is 0.258 e. The Morgan fingerprint density at radius 2 is 1.76 bits per heavy atom. The summed E-state index contributed by atoms with van der Waals surface area (Å²) in [5.74, 6) is -0.400. The molecule has 25 heavy (non-hydrogen) atoms. The first-order valence-electron chi connectivity index (χ1n) is 7.09. The second kappa shape index (κ2) is 7.65. The fraction of sp³-hybridized carbons (Fsp3) is 0. The van der Waals surface area contributed by atoms with Gasteiger partial charge in [0.15, 0.2) is 0 Å². The number of thiophene rings is 1. The number of carbonyl (C=O) groups excluding carboxylic acids is 2. The lowest BCUT2D eigenvalue weighted by molar-refractivity contribution is 0.101. The Kier molecular flexibility index (Phi) is 5.33. The van der Waals surface area contributed by atoms with Gasteiger partial charge in [-0.25, -0.2) is 4.98 Å². The standard InChI is InChI=1S/C17H11Cl2N3O2S/c18-12-2-1-3-13(19)15(12)17(24)21-11-4-6-20-14(8-11)22-16(23)10-5-7-25-9-10/h1-9H,(H2,20,21,22,23,24). The number of pyridine rings is 1. The van der Waals surface area contributed by atoms with Crippen LogP contribution in [0.2, 0.25) is 10.0 Å². The van der Waals surface area contributed by atoms with Crippen molar-refractivity contribution >= 4 is 57.9 Å². The van der Waals surface area contributed by atoms with Crippen molar-refractivity contribution in [2.24, 2.45) is 0 Å². The van der Waals surface area contributed by atoms with Crippen LogP contribution in [0.15, 0.2) is 53.4 Å². The summed E-state index contributed by atoms with van der Waals surface area (Å²) in [4.78, 5) is 28.5.